The molecule has 0 atom stereocenters. The monoisotopic (exact) mass is 371 g/mol. The van der Waals surface area contributed by atoms with Crippen LogP contribution in [0, 0.1) is 0 Å². The second kappa shape index (κ2) is 6.20. The molecule has 1 aromatic heterocycles. The number of halogens is 2. The summed E-state index contributed by atoms with van der Waals surface area (Å²) >= 11 is 6.79. The van der Waals surface area contributed by atoms with Gasteiger partial charge in [0.2, 0.25) is 0 Å². The number of rotatable bonds is 4. The van der Waals surface area contributed by atoms with Gasteiger partial charge < -0.3 is 9.47 Å². The number of aromatic nitrogens is 1. The predicted molar refractivity (Wildman–Crippen MR) is 77.0 cm³/mol. The van der Waals surface area contributed by atoms with Crippen molar-refractivity contribution in [2.75, 3.05) is 7.11 Å². The number of nitrogens with zero attached hydrogens (tertiary/aromatic N) is 1. The molecule has 2 rings (SSSR count). The Balaban J connectivity index is 2.07. The van der Waals surface area contributed by atoms with Crippen LogP contribution in [0.5, 0.6) is 11.5 Å². The molecule has 0 saturated heterocycles. The summed E-state index contributed by atoms with van der Waals surface area (Å²) in [6, 6.07) is 9.55. The summed E-state index contributed by atoms with van der Waals surface area (Å²) in [6.07, 6.45) is 1.71. The van der Waals surface area contributed by atoms with Crippen LogP contribution in [0.3, 0.4) is 0 Å². The van der Waals surface area contributed by atoms with Crippen molar-refractivity contribution in [2.45, 2.75) is 6.61 Å². The van der Waals surface area contributed by atoms with Crippen molar-refractivity contribution in [2.24, 2.45) is 0 Å². The maximum Gasteiger partial charge on any atom is 0.152 e. The van der Waals surface area contributed by atoms with E-state index in [1.165, 1.54) is 0 Å². The fourth-order valence-electron chi connectivity index (χ4n) is 1.44. The Hall–Kier alpha value is -1.07. The highest BCUT2D eigenvalue weighted by atomic mass is 79.9. The van der Waals surface area contributed by atoms with Gasteiger partial charge in [-0.15, -0.1) is 0 Å². The lowest BCUT2D eigenvalue weighted by atomic mass is 10.2. The summed E-state index contributed by atoms with van der Waals surface area (Å²) in [6.45, 7) is 0.479. The molecule has 3 nitrogen and oxygen atoms in total. The van der Waals surface area contributed by atoms with Gasteiger partial charge >= 0.3 is 0 Å². The van der Waals surface area contributed by atoms with Gasteiger partial charge in [0.15, 0.2) is 5.75 Å². The van der Waals surface area contributed by atoms with Crippen LogP contribution in [-0.4, -0.2) is 12.1 Å². The number of hydrogen-bond acceptors (Lipinski definition) is 3. The topological polar surface area (TPSA) is 31.4 Å². The second-order valence-corrected chi connectivity index (χ2v) is 5.16. The number of methoxy groups -OCH3 is 1. The van der Waals surface area contributed by atoms with Crippen molar-refractivity contribution in [1.82, 2.24) is 4.98 Å². The van der Waals surface area contributed by atoms with Crippen LogP contribution in [-0.2, 0) is 6.61 Å². The Kier molecular flexibility index (Phi) is 4.60. The van der Waals surface area contributed by atoms with E-state index >= 15 is 0 Å². The summed E-state index contributed by atoms with van der Waals surface area (Å²) in [5.41, 5.74) is 1.05. The quantitative estimate of drug-likeness (QED) is 0.754. The van der Waals surface area contributed by atoms with E-state index in [-0.39, 0.29) is 0 Å². The van der Waals surface area contributed by atoms with Crippen molar-refractivity contribution >= 4 is 31.9 Å². The third-order valence-corrected chi connectivity index (χ3v) is 3.55. The number of ether oxygens (including phenoxy) is 2. The molecule has 0 unspecified atom stereocenters. The summed E-state index contributed by atoms with van der Waals surface area (Å²) in [5, 5.41) is 0. The molecule has 0 N–H and O–H groups in total. The molecule has 2 aromatic rings. The van der Waals surface area contributed by atoms with Crippen LogP contribution < -0.4 is 9.47 Å². The first-order chi connectivity index (χ1) is 8.70. The van der Waals surface area contributed by atoms with E-state index in [1.54, 1.807) is 13.3 Å². The molecule has 0 aliphatic carbocycles. The van der Waals surface area contributed by atoms with Crippen LogP contribution in [0.2, 0.25) is 0 Å². The van der Waals surface area contributed by atoms with Crippen molar-refractivity contribution in [3.05, 3.63) is 51.2 Å². The van der Waals surface area contributed by atoms with Gasteiger partial charge in [-0.1, -0.05) is 6.07 Å². The molecule has 0 aliphatic rings. The third-order valence-electron chi connectivity index (χ3n) is 2.34. The molecule has 18 heavy (non-hydrogen) atoms. The van der Waals surface area contributed by atoms with Crippen molar-refractivity contribution in [3.63, 3.8) is 0 Å². The minimum Gasteiger partial charge on any atom is -0.496 e. The number of pyridine rings is 1. The number of benzene rings is 1. The van der Waals surface area contributed by atoms with Crippen molar-refractivity contribution in [3.8, 4) is 11.5 Å². The van der Waals surface area contributed by atoms with Crippen LogP contribution in [0.1, 0.15) is 5.56 Å². The summed E-state index contributed by atoms with van der Waals surface area (Å²) in [5.74, 6) is 1.53. The fourth-order valence-corrected chi connectivity index (χ4v) is 2.39. The average molecular weight is 373 g/mol. The SMILES string of the molecule is COc1ccc(COc2cccnc2Br)cc1Br. The largest absolute Gasteiger partial charge is 0.496 e. The first-order valence-electron chi connectivity index (χ1n) is 5.26. The molecule has 0 saturated carbocycles. The lowest BCUT2D eigenvalue weighted by molar-refractivity contribution is 0.302. The molecule has 1 heterocycles. The molecule has 5 heteroatoms. The lowest BCUT2D eigenvalue weighted by Crippen LogP contribution is -1.97. The van der Waals surface area contributed by atoms with Crippen LogP contribution in [0.25, 0.3) is 0 Å². The molecule has 94 valence electrons. The summed E-state index contributed by atoms with van der Waals surface area (Å²) in [4.78, 5) is 4.10. The van der Waals surface area contributed by atoms with Gasteiger partial charge in [-0.05, 0) is 61.7 Å². The third kappa shape index (κ3) is 3.23. The summed E-state index contributed by atoms with van der Waals surface area (Å²) < 4.78 is 12.5. The first-order valence-corrected chi connectivity index (χ1v) is 6.85. The van der Waals surface area contributed by atoms with E-state index in [4.69, 9.17) is 9.47 Å². The number of hydrogen-bond donors (Lipinski definition) is 0. The standard InChI is InChI=1S/C13H11Br2NO2/c1-17-11-5-4-9(7-10(11)14)8-18-12-3-2-6-16-13(12)15/h2-7H,8H2,1H3. The first kappa shape index (κ1) is 13.4. The Labute approximate surface area is 122 Å². The Bertz CT molecular complexity index is 546. The zero-order valence-electron chi connectivity index (χ0n) is 9.69. The maximum atomic E-state index is 5.68. The normalized spacial score (nSPS) is 10.2. The highest BCUT2D eigenvalue weighted by molar-refractivity contribution is 9.10. The van der Waals surface area contributed by atoms with Crippen LogP contribution in [0.4, 0.5) is 0 Å². The van der Waals surface area contributed by atoms with Gasteiger partial charge in [0, 0.05) is 6.20 Å². The molecule has 0 spiro atoms. The molecule has 0 aliphatic heterocycles. The zero-order valence-corrected chi connectivity index (χ0v) is 12.9. The molecular weight excluding hydrogens is 362 g/mol. The molecule has 0 amide bonds. The van der Waals surface area contributed by atoms with E-state index in [2.05, 4.69) is 36.8 Å². The lowest BCUT2D eigenvalue weighted by Gasteiger charge is -2.09. The van der Waals surface area contributed by atoms with Gasteiger partial charge in [0.25, 0.3) is 0 Å². The minimum absolute atomic E-state index is 0.479. The van der Waals surface area contributed by atoms with Gasteiger partial charge in [-0.2, -0.15) is 0 Å². The molecule has 0 radical (unpaired) electrons. The summed E-state index contributed by atoms with van der Waals surface area (Å²) in [7, 11) is 1.64. The van der Waals surface area contributed by atoms with Gasteiger partial charge in [0.05, 0.1) is 11.6 Å². The highest BCUT2D eigenvalue weighted by Crippen LogP contribution is 2.27. The zero-order chi connectivity index (χ0) is 13.0. The minimum atomic E-state index is 0.479. The van der Waals surface area contributed by atoms with E-state index < -0.39 is 0 Å². The van der Waals surface area contributed by atoms with Gasteiger partial charge in [-0.3, -0.25) is 0 Å². The molecular formula is C13H11Br2NO2. The highest BCUT2D eigenvalue weighted by Gasteiger charge is 2.04. The van der Waals surface area contributed by atoms with E-state index in [9.17, 15) is 0 Å². The van der Waals surface area contributed by atoms with E-state index in [0.29, 0.717) is 11.2 Å². The van der Waals surface area contributed by atoms with Crippen LogP contribution in [0.15, 0.2) is 45.6 Å². The second-order valence-electron chi connectivity index (χ2n) is 3.55. The maximum absolute atomic E-state index is 5.68. The molecule has 1 aromatic carbocycles. The fraction of sp³-hybridized carbons (Fsp3) is 0.154. The smallest absolute Gasteiger partial charge is 0.152 e. The molecule has 0 fully saturated rings. The molecule has 0 bridgehead atoms. The van der Waals surface area contributed by atoms with Crippen LogP contribution >= 0.6 is 31.9 Å². The van der Waals surface area contributed by atoms with Gasteiger partial charge in [-0.25, -0.2) is 4.98 Å². The van der Waals surface area contributed by atoms with E-state index in [1.807, 2.05) is 30.3 Å². The average Bonchev–Trinajstić information content (AvgIpc) is 2.38. The van der Waals surface area contributed by atoms with E-state index in [0.717, 1.165) is 21.5 Å². The van der Waals surface area contributed by atoms with Crippen molar-refractivity contribution < 1.29 is 9.47 Å². The van der Waals surface area contributed by atoms with Gasteiger partial charge in [0.1, 0.15) is 17.0 Å². The predicted octanol–water partition coefficient (Wildman–Crippen LogP) is 4.19. The Morgan fingerprint density at radius 2 is 2.00 bits per heavy atom. The van der Waals surface area contributed by atoms with Crippen molar-refractivity contribution in [1.29, 1.82) is 0 Å². The Morgan fingerprint density at radius 3 is 2.67 bits per heavy atom. The Morgan fingerprint density at radius 1 is 1.17 bits per heavy atom.